The van der Waals surface area contributed by atoms with E-state index in [-0.39, 0.29) is 62.9 Å². The Morgan fingerprint density at radius 2 is 1.68 bits per heavy atom. The van der Waals surface area contributed by atoms with E-state index in [1.54, 1.807) is 35.2 Å². The predicted octanol–water partition coefficient (Wildman–Crippen LogP) is 4.30. The number of pyridine rings is 1. The lowest BCUT2D eigenvalue weighted by Gasteiger charge is -2.39. The highest BCUT2D eigenvalue weighted by molar-refractivity contribution is 6.36. The molecule has 3 aliphatic rings. The van der Waals surface area contributed by atoms with E-state index in [4.69, 9.17) is 26.1 Å². The number of carbonyl (C=O) groups excluding carboxylic acids is 3. The number of amides is 3. The minimum Gasteiger partial charge on any atom is -0.484 e. The van der Waals surface area contributed by atoms with E-state index < -0.39 is 17.6 Å². The van der Waals surface area contributed by atoms with Crippen molar-refractivity contribution in [2.75, 3.05) is 57.9 Å². The van der Waals surface area contributed by atoms with Crippen molar-refractivity contribution >= 4 is 56.8 Å². The molecule has 1 atom stereocenters. The Hall–Kier alpha value is -5.41. The van der Waals surface area contributed by atoms with Crippen LogP contribution in [0.4, 0.5) is 5.69 Å². The van der Waals surface area contributed by atoms with Gasteiger partial charge in [-0.25, -0.2) is 4.98 Å². The fraction of sp³-hybridized carbons (Fsp3) is 0.422. The summed E-state index contributed by atoms with van der Waals surface area (Å²) < 4.78 is 12.7. The molecule has 4 heterocycles. The fourth-order valence-corrected chi connectivity index (χ4v) is 8.73. The fourth-order valence-electron chi connectivity index (χ4n) is 8.37. The van der Waals surface area contributed by atoms with Gasteiger partial charge in [-0.15, -0.1) is 0 Å². The molecule has 60 heavy (non-hydrogen) atoms. The maximum atomic E-state index is 14.1. The molecule has 0 radical (unpaired) electrons. The number of benzene rings is 3. The van der Waals surface area contributed by atoms with E-state index in [2.05, 4.69) is 20.5 Å². The number of aryl methyl sites for hydroxylation is 1. The van der Waals surface area contributed by atoms with Crippen LogP contribution in [-0.2, 0) is 44.9 Å². The first-order chi connectivity index (χ1) is 29.1. The van der Waals surface area contributed by atoms with Crippen LogP contribution in [0.25, 0.3) is 21.8 Å². The van der Waals surface area contributed by atoms with Crippen molar-refractivity contribution in [2.45, 2.75) is 69.6 Å². The maximum Gasteiger partial charge on any atom is 0.261 e. The third-order valence-electron chi connectivity index (χ3n) is 11.8. The quantitative estimate of drug-likeness (QED) is 0.156. The van der Waals surface area contributed by atoms with Crippen molar-refractivity contribution in [1.82, 2.24) is 29.7 Å². The lowest BCUT2D eigenvalue weighted by molar-refractivity contribution is -0.140. The van der Waals surface area contributed by atoms with Crippen molar-refractivity contribution in [3.05, 3.63) is 105 Å². The summed E-state index contributed by atoms with van der Waals surface area (Å²) >= 11 is 6.75. The summed E-state index contributed by atoms with van der Waals surface area (Å²) in [7, 11) is 0. The number of aliphatic hydroxyl groups is 1. The van der Waals surface area contributed by atoms with Crippen molar-refractivity contribution < 1.29 is 29.0 Å². The van der Waals surface area contributed by atoms with Crippen molar-refractivity contribution in [3.8, 4) is 5.75 Å². The number of fused-ring (bicyclic) bond motifs is 3. The number of hydrogen-bond donors (Lipinski definition) is 3. The first-order valence-electron chi connectivity index (χ1n) is 20.8. The minimum absolute atomic E-state index is 0.00266. The van der Waals surface area contributed by atoms with Crippen LogP contribution < -0.4 is 20.9 Å². The zero-order valence-corrected chi connectivity index (χ0v) is 34.3. The molecule has 2 aliphatic heterocycles. The molecule has 2 saturated heterocycles. The molecule has 15 heteroatoms. The van der Waals surface area contributed by atoms with Crippen molar-refractivity contribution in [1.29, 1.82) is 0 Å². The second-order valence-electron chi connectivity index (χ2n) is 16.0. The Bertz CT molecular complexity index is 2430. The molecule has 5 aromatic rings. The number of piperidine rings is 1. The maximum absolute atomic E-state index is 14.1. The number of nitrogens with zero attached hydrogens (tertiary/aromatic N) is 5. The molecule has 0 spiro atoms. The van der Waals surface area contributed by atoms with Gasteiger partial charge < -0.3 is 30.1 Å². The Morgan fingerprint density at radius 1 is 0.917 bits per heavy atom. The smallest absolute Gasteiger partial charge is 0.261 e. The lowest BCUT2D eigenvalue weighted by atomic mass is 9.90. The summed E-state index contributed by atoms with van der Waals surface area (Å²) in [6.07, 6.45) is 6.44. The first-order valence-corrected chi connectivity index (χ1v) is 21.2. The van der Waals surface area contributed by atoms with Gasteiger partial charge in [-0.1, -0.05) is 41.9 Å². The zero-order valence-electron chi connectivity index (χ0n) is 33.5. The second kappa shape index (κ2) is 18.5. The SMILES string of the molecule is O=C(CCN1CCOCC1)Nc1ccc2c(=O)n(CC3(O)CCN(C(=O)[C@H](Cc4ccccc4)NC(=O)COc4ccc5c(Cl)c6c(nc5c4)CCCC6)CC3)cnc2c1. The highest BCUT2D eigenvalue weighted by Crippen LogP contribution is 2.34. The molecule has 0 saturated carbocycles. The first kappa shape index (κ1) is 41.3. The van der Waals surface area contributed by atoms with Crippen LogP contribution in [0.5, 0.6) is 5.75 Å². The Labute approximate surface area is 352 Å². The minimum atomic E-state index is -1.27. The monoisotopic (exact) mass is 835 g/mol. The Morgan fingerprint density at radius 3 is 2.48 bits per heavy atom. The van der Waals surface area contributed by atoms with Gasteiger partial charge in [-0.2, -0.15) is 0 Å². The third-order valence-corrected chi connectivity index (χ3v) is 12.2. The van der Waals surface area contributed by atoms with E-state index >= 15 is 0 Å². The van der Waals surface area contributed by atoms with Crippen LogP contribution in [0.3, 0.4) is 0 Å². The number of rotatable bonds is 13. The molecule has 14 nitrogen and oxygen atoms in total. The van der Waals surface area contributed by atoms with Gasteiger partial charge in [0, 0.05) is 68.4 Å². The summed E-state index contributed by atoms with van der Waals surface area (Å²) in [5.41, 5.74) is 3.13. The molecule has 3 amide bonds. The molecule has 8 rings (SSSR count). The molecule has 1 aliphatic carbocycles. The molecule has 3 N–H and O–H groups in total. The van der Waals surface area contributed by atoms with Crippen LogP contribution in [0.15, 0.2) is 77.9 Å². The third kappa shape index (κ3) is 9.79. The van der Waals surface area contributed by atoms with Crippen LogP contribution >= 0.6 is 11.6 Å². The molecule has 2 aromatic heterocycles. The molecular formula is C45H50ClN7O7. The highest BCUT2D eigenvalue weighted by Gasteiger charge is 2.37. The number of hydrogen-bond acceptors (Lipinski definition) is 10. The normalized spacial score (nSPS) is 17.2. The van der Waals surface area contributed by atoms with Gasteiger partial charge in [0.1, 0.15) is 11.8 Å². The number of aromatic nitrogens is 3. The van der Waals surface area contributed by atoms with Gasteiger partial charge in [0.15, 0.2) is 6.61 Å². The lowest BCUT2D eigenvalue weighted by Crippen LogP contribution is -2.55. The molecule has 3 aromatic carbocycles. The standard InChI is InChI=1S/C45H50ClN7O7/c46-42-33-8-4-5-9-36(33)49-38-26-32(11-13-34(38)42)60-27-41(55)50-39(24-30-6-2-1-3-7-30)44(57)52-18-15-45(58,16-19-52)28-53-29-47-37-25-31(10-12-35(37)43(53)56)48-40(54)14-17-51-20-22-59-23-21-51/h1-3,6-7,10-13,25-26,29,39,58H,4-5,8-9,14-24,27-28H2,(H,48,54)(H,50,55)/t39-/m0/s1. The van der Waals surface area contributed by atoms with E-state index in [0.717, 1.165) is 66.0 Å². The Balaban J connectivity index is 0.873. The number of likely N-dealkylation sites (tertiary alicyclic amines) is 1. The molecule has 314 valence electrons. The van der Waals surface area contributed by atoms with Gasteiger partial charge in [-0.3, -0.25) is 33.6 Å². The number of carbonyl (C=O) groups is 3. The summed E-state index contributed by atoms with van der Waals surface area (Å²) in [5.74, 6) is -0.363. The number of nitrogens with one attached hydrogen (secondary N) is 2. The van der Waals surface area contributed by atoms with Crippen LogP contribution in [-0.4, -0.2) is 111 Å². The highest BCUT2D eigenvalue weighted by atomic mass is 35.5. The second-order valence-corrected chi connectivity index (χ2v) is 16.4. The van der Waals surface area contributed by atoms with Crippen LogP contribution in [0.2, 0.25) is 5.02 Å². The summed E-state index contributed by atoms with van der Waals surface area (Å²) in [4.78, 5) is 66.7. The molecule has 2 fully saturated rings. The summed E-state index contributed by atoms with van der Waals surface area (Å²) in [6.45, 7) is 3.75. The van der Waals surface area contributed by atoms with E-state index in [0.29, 0.717) is 54.0 Å². The topological polar surface area (TPSA) is 168 Å². The summed E-state index contributed by atoms with van der Waals surface area (Å²) in [6, 6.07) is 19.0. The molecule has 0 unspecified atom stereocenters. The van der Waals surface area contributed by atoms with Gasteiger partial charge in [0.05, 0.1) is 53.1 Å². The van der Waals surface area contributed by atoms with Crippen molar-refractivity contribution in [3.63, 3.8) is 0 Å². The van der Waals surface area contributed by atoms with Crippen molar-refractivity contribution in [2.24, 2.45) is 0 Å². The zero-order chi connectivity index (χ0) is 41.6. The van der Waals surface area contributed by atoms with Gasteiger partial charge in [0.25, 0.3) is 11.5 Å². The number of halogens is 1. The van der Waals surface area contributed by atoms with Gasteiger partial charge >= 0.3 is 0 Å². The number of ether oxygens (including phenoxy) is 2. The van der Waals surface area contributed by atoms with Crippen LogP contribution in [0, 0.1) is 0 Å². The average Bonchev–Trinajstić information content (AvgIpc) is 3.26. The average molecular weight is 836 g/mol. The molecular weight excluding hydrogens is 786 g/mol. The number of anilines is 1. The number of morpholine rings is 1. The van der Waals surface area contributed by atoms with E-state index in [1.165, 1.54) is 10.9 Å². The van der Waals surface area contributed by atoms with E-state index in [9.17, 15) is 24.3 Å². The summed E-state index contributed by atoms with van der Waals surface area (Å²) in [5, 5.41) is 19.4. The largest absolute Gasteiger partial charge is 0.484 e. The Kier molecular flexibility index (Phi) is 12.7. The van der Waals surface area contributed by atoms with Crippen LogP contribution in [0.1, 0.15) is 48.9 Å². The van der Waals surface area contributed by atoms with Gasteiger partial charge in [0.2, 0.25) is 11.8 Å². The van der Waals surface area contributed by atoms with Gasteiger partial charge in [-0.05, 0) is 80.0 Å². The predicted molar refractivity (Wildman–Crippen MR) is 228 cm³/mol. The van der Waals surface area contributed by atoms with E-state index in [1.807, 2.05) is 36.4 Å². The molecule has 0 bridgehead atoms.